The lowest BCUT2D eigenvalue weighted by atomic mass is 10.3. The number of carbonyl (C=O) groups excluding carboxylic acids is 1. The molecule has 2 aromatic carbocycles. The molecule has 0 atom stereocenters. The fourth-order valence-corrected chi connectivity index (χ4v) is 3.79. The summed E-state index contributed by atoms with van der Waals surface area (Å²) in [5.74, 6) is 0.814. The smallest absolute Gasteiger partial charge is 0.234 e. The van der Waals surface area contributed by atoms with E-state index in [-0.39, 0.29) is 11.7 Å². The van der Waals surface area contributed by atoms with Crippen LogP contribution in [0.3, 0.4) is 0 Å². The van der Waals surface area contributed by atoms with Crippen molar-refractivity contribution in [1.82, 2.24) is 14.5 Å². The number of rotatable bonds is 5. The maximum atomic E-state index is 12.3. The van der Waals surface area contributed by atoms with Gasteiger partial charge in [0, 0.05) is 25.2 Å². The Balaban J connectivity index is 1.46. The van der Waals surface area contributed by atoms with Crippen LogP contribution in [0, 0.1) is 6.92 Å². The minimum atomic E-state index is -0.0831. The molecule has 0 bridgehead atoms. The summed E-state index contributed by atoms with van der Waals surface area (Å²) < 4.78 is 7.62. The fraction of sp³-hybridized carbons (Fsp3) is 0.211. The number of nitrogens with zero attached hydrogens (tertiary/aromatic N) is 3. The van der Waals surface area contributed by atoms with Gasteiger partial charge in [-0.1, -0.05) is 23.9 Å². The summed E-state index contributed by atoms with van der Waals surface area (Å²) >= 11 is 1.44. The summed E-state index contributed by atoms with van der Waals surface area (Å²) in [6.45, 7) is 4.69. The molecule has 132 valence electrons. The van der Waals surface area contributed by atoms with Crippen molar-refractivity contribution < 1.29 is 9.21 Å². The van der Waals surface area contributed by atoms with Crippen molar-refractivity contribution in [3.8, 4) is 0 Å². The van der Waals surface area contributed by atoms with E-state index in [1.165, 1.54) is 11.8 Å². The first-order valence-corrected chi connectivity index (χ1v) is 9.37. The highest BCUT2D eigenvalue weighted by molar-refractivity contribution is 7.99. The fourth-order valence-electron chi connectivity index (χ4n) is 2.91. The molecular weight excluding hydrogens is 348 g/mol. The highest BCUT2D eigenvalue weighted by atomic mass is 32.2. The van der Waals surface area contributed by atoms with E-state index in [1.807, 2.05) is 36.4 Å². The number of hydrogen-bond donors (Lipinski definition) is 1. The molecule has 1 N–H and O–H groups in total. The Kier molecular flexibility index (Phi) is 4.38. The molecule has 4 aromatic rings. The van der Waals surface area contributed by atoms with E-state index in [2.05, 4.69) is 26.8 Å². The zero-order chi connectivity index (χ0) is 18.1. The van der Waals surface area contributed by atoms with Gasteiger partial charge >= 0.3 is 0 Å². The van der Waals surface area contributed by atoms with Crippen molar-refractivity contribution in [3.63, 3.8) is 0 Å². The highest BCUT2D eigenvalue weighted by Gasteiger charge is 2.12. The summed E-state index contributed by atoms with van der Waals surface area (Å²) in [5, 5.41) is 3.75. The van der Waals surface area contributed by atoms with Crippen molar-refractivity contribution >= 4 is 45.5 Å². The zero-order valence-corrected chi connectivity index (χ0v) is 15.3. The average Bonchev–Trinajstić information content (AvgIpc) is 3.18. The van der Waals surface area contributed by atoms with Gasteiger partial charge in [0.1, 0.15) is 5.52 Å². The number of para-hydroxylation sites is 2. The third-order valence-electron chi connectivity index (χ3n) is 4.05. The predicted octanol–water partition coefficient (Wildman–Crippen LogP) is 4.24. The Hall–Kier alpha value is -2.80. The molecule has 0 aliphatic rings. The standard InChI is InChI=1S/C19H18N4O2S/c1-3-23-16-7-5-4-6-14(16)22-19(23)26-11-18(24)21-13-8-9-15-17(10-13)25-12(2)20-15/h4-10H,3,11H2,1-2H3,(H,21,24). The Labute approximate surface area is 154 Å². The second-order valence-electron chi connectivity index (χ2n) is 5.88. The van der Waals surface area contributed by atoms with Gasteiger partial charge in [0.2, 0.25) is 5.91 Å². The zero-order valence-electron chi connectivity index (χ0n) is 14.5. The van der Waals surface area contributed by atoms with Crippen LogP contribution in [-0.2, 0) is 11.3 Å². The molecule has 0 saturated heterocycles. The minimum absolute atomic E-state index is 0.0831. The number of benzene rings is 2. The number of oxazole rings is 1. The quantitative estimate of drug-likeness (QED) is 0.535. The number of aryl methyl sites for hydroxylation is 2. The van der Waals surface area contributed by atoms with E-state index in [1.54, 1.807) is 13.0 Å². The molecule has 6 nitrogen and oxygen atoms in total. The first-order valence-electron chi connectivity index (χ1n) is 8.39. The number of hydrogen-bond acceptors (Lipinski definition) is 5. The van der Waals surface area contributed by atoms with E-state index in [4.69, 9.17) is 4.42 Å². The largest absolute Gasteiger partial charge is 0.441 e. The second-order valence-corrected chi connectivity index (χ2v) is 6.82. The van der Waals surface area contributed by atoms with Gasteiger partial charge in [-0.25, -0.2) is 9.97 Å². The van der Waals surface area contributed by atoms with E-state index in [0.29, 0.717) is 17.2 Å². The minimum Gasteiger partial charge on any atom is -0.441 e. The third-order valence-corrected chi connectivity index (χ3v) is 5.02. The van der Waals surface area contributed by atoms with Gasteiger partial charge in [0.25, 0.3) is 0 Å². The summed E-state index contributed by atoms with van der Waals surface area (Å²) in [7, 11) is 0. The monoisotopic (exact) mass is 366 g/mol. The van der Waals surface area contributed by atoms with Crippen LogP contribution in [0.25, 0.3) is 22.1 Å². The van der Waals surface area contributed by atoms with Gasteiger partial charge in [-0.2, -0.15) is 0 Å². The maximum Gasteiger partial charge on any atom is 0.234 e. The van der Waals surface area contributed by atoms with Gasteiger partial charge in [-0.15, -0.1) is 0 Å². The second kappa shape index (κ2) is 6.84. The lowest BCUT2D eigenvalue weighted by Gasteiger charge is -2.06. The molecule has 0 spiro atoms. The summed E-state index contributed by atoms with van der Waals surface area (Å²) in [4.78, 5) is 21.2. The topological polar surface area (TPSA) is 73.0 Å². The first kappa shape index (κ1) is 16.7. The molecule has 26 heavy (non-hydrogen) atoms. The Bertz CT molecular complexity index is 1100. The molecule has 0 aliphatic carbocycles. The molecule has 2 heterocycles. The molecule has 0 radical (unpaired) electrons. The number of anilines is 1. The molecule has 0 aliphatic heterocycles. The predicted molar refractivity (Wildman–Crippen MR) is 104 cm³/mol. The molecule has 4 rings (SSSR count). The van der Waals surface area contributed by atoms with Crippen LogP contribution in [0.4, 0.5) is 5.69 Å². The van der Waals surface area contributed by atoms with Crippen LogP contribution in [0.5, 0.6) is 0 Å². The normalized spacial score (nSPS) is 11.3. The maximum absolute atomic E-state index is 12.3. The summed E-state index contributed by atoms with van der Waals surface area (Å²) in [5.41, 5.74) is 4.18. The van der Waals surface area contributed by atoms with Crippen LogP contribution in [0.15, 0.2) is 52.0 Å². The van der Waals surface area contributed by atoms with Crippen molar-refractivity contribution in [2.24, 2.45) is 0 Å². The van der Waals surface area contributed by atoms with Crippen LogP contribution in [0.2, 0.25) is 0 Å². The van der Waals surface area contributed by atoms with Gasteiger partial charge in [-0.3, -0.25) is 4.79 Å². The highest BCUT2D eigenvalue weighted by Crippen LogP contribution is 2.24. The van der Waals surface area contributed by atoms with Crippen molar-refractivity contribution in [2.75, 3.05) is 11.1 Å². The molecule has 1 amide bonds. The molecule has 0 fully saturated rings. The van der Waals surface area contributed by atoms with Crippen molar-refractivity contribution in [3.05, 3.63) is 48.4 Å². The Morgan fingerprint density at radius 2 is 2.04 bits per heavy atom. The average molecular weight is 366 g/mol. The lowest BCUT2D eigenvalue weighted by molar-refractivity contribution is -0.113. The van der Waals surface area contributed by atoms with Crippen LogP contribution >= 0.6 is 11.8 Å². The summed E-state index contributed by atoms with van der Waals surface area (Å²) in [6, 6.07) is 13.5. The SMILES string of the molecule is CCn1c(SCC(=O)Nc2ccc3nc(C)oc3c2)nc2ccccc21. The number of amides is 1. The molecule has 0 unspecified atom stereocenters. The van der Waals surface area contributed by atoms with E-state index in [9.17, 15) is 4.79 Å². The lowest BCUT2D eigenvalue weighted by Crippen LogP contribution is -2.14. The van der Waals surface area contributed by atoms with Crippen LogP contribution < -0.4 is 5.32 Å². The Morgan fingerprint density at radius 1 is 1.19 bits per heavy atom. The molecule has 7 heteroatoms. The van der Waals surface area contributed by atoms with E-state index >= 15 is 0 Å². The Morgan fingerprint density at radius 3 is 2.88 bits per heavy atom. The van der Waals surface area contributed by atoms with Gasteiger partial charge in [0.05, 0.1) is 16.8 Å². The van der Waals surface area contributed by atoms with Crippen LogP contribution in [0.1, 0.15) is 12.8 Å². The van der Waals surface area contributed by atoms with Gasteiger partial charge in [0.15, 0.2) is 16.6 Å². The number of thioether (sulfide) groups is 1. The number of nitrogens with one attached hydrogen (secondary N) is 1. The number of aromatic nitrogens is 3. The van der Waals surface area contributed by atoms with Crippen LogP contribution in [-0.4, -0.2) is 26.2 Å². The summed E-state index contributed by atoms with van der Waals surface area (Å²) in [6.07, 6.45) is 0. The van der Waals surface area contributed by atoms with Crippen molar-refractivity contribution in [1.29, 1.82) is 0 Å². The third kappa shape index (κ3) is 3.17. The number of fused-ring (bicyclic) bond motifs is 2. The molecule has 2 aromatic heterocycles. The number of carbonyl (C=O) groups is 1. The molecule has 0 saturated carbocycles. The molecular formula is C19H18N4O2S. The number of imidazole rings is 1. The van der Waals surface area contributed by atoms with E-state index < -0.39 is 0 Å². The van der Waals surface area contributed by atoms with Gasteiger partial charge in [-0.05, 0) is 31.2 Å². The van der Waals surface area contributed by atoms with Crippen molar-refractivity contribution in [2.45, 2.75) is 25.5 Å². The first-order chi connectivity index (χ1) is 12.6. The van der Waals surface area contributed by atoms with E-state index in [0.717, 1.165) is 28.3 Å². The van der Waals surface area contributed by atoms with Gasteiger partial charge < -0.3 is 14.3 Å².